The summed E-state index contributed by atoms with van der Waals surface area (Å²) >= 11 is 0. The standard InChI is InChI=1S/C14H22N2O/c1-10-7-11-5-6-12(9-15-2)16(3)14(11)13(8-10)17-4/h7-8,12,15H,5-6,9H2,1-4H3. The van der Waals surface area contributed by atoms with Crippen molar-refractivity contribution in [3.05, 3.63) is 23.3 Å². The Morgan fingerprint density at radius 3 is 2.88 bits per heavy atom. The zero-order valence-corrected chi connectivity index (χ0v) is 11.2. The number of fused-ring (bicyclic) bond motifs is 1. The third-order valence-electron chi connectivity index (χ3n) is 3.61. The second-order valence-electron chi connectivity index (χ2n) is 4.84. The van der Waals surface area contributed by atoms with Crippen molar-refractivity contribution in [2.45, 2.75) is 25.8 Å². The lowest BCUT2D eigenvalue weighted by atomic mass is 9.94. The van der Waals surface area contributed by atoms with E-state index in [1.165, 1.54) is 23.2 Å². The van der Waals surface area contributed by atoms with Crippen LogP contribution in [-0.2, 0) is 6.42 Å². The molecule has 17 heavy (non-hydrogen) atoms. The molecule has 0 saturated heterocycles. The van der Waals surface area contributed by atoms with Crippen LogP contribution < -0.4 is 15.0 Å². The summed E-state index contributed by atoms with van der Waals surface area (Å²) in [7, 11) is 5.93. The number of ether oxygens (including phenoxy) is 1. The Morgan fingerprint density at radius 2 is 2.24 bits per heavy atom. The number of rotatable bonds is 3. The number of nitrogens with one attached hydrogen (secondary N) is 1. The number of aryl methyl sites for hydroxylation is 2. The first kappa shape index (κ1) is 12.2. The van der Waals surface area contributed by atoms with Crippen molar-refractivity contribution in [1.82, 2.24) is 5.32 Å². The van der Waals surface area contributed by atoms with Crippen LogP contribution in [0.3, 0.4) is 0 Å². The number of hydrogen-bond acceptors (Lipinski definition) is 3. The highest BCUT2D eigenvalue weighted by atomic mass is 16.5. The average Bonchev–Trinajstić information content (AvgIpc) is 2.31. The Morgan fingerprint density at radius 1 is 1.47 bits per heavy atom. The number of anilines is 1. The van der Waals surface area contributed by atoms with Crippen LogP contribution in [0, 0.1) is 6.92 Å². The first-order valence-corrected chi connectivity index (χ1v) is 6.22. The molecule has 1 aromatic rings. The molecule has 3 heteroatoms. The van der Waals surface area contributed by atoms with Gasteiger partial charge >= 0.3 is 0 Å². The van der Waals surface area contributed by atoms with Gasteiger partial charge < -0.3 is 15.0 Å². The van der Waals surface area contributed by atoms with Crippen molar-refractivity contribution in [2.24, 2.45) is 0 Å². The van der Waals surface area contributed by atoms with E-state index in [9.17, 15) is 0 Å². The molecule has 0 bridgehead atoms. The summed E-state index contributed by atoms with van der Waals surface area (Å²) in [5.74, 6) is 1.00. The maximum atomic E-state index is 5.53. The fourth-order valence-electron chi connectivity index (χ4n) is 2.74. The van der Waals surface area contributed by atoms with Gasteiger partial charge in [0, 0.05) is 19.6 Å². The zero-order valence-electron chi connectivity index (χ0n) is 11.2. The van der Waals surface area contributed by atoms with Gasteiger partial charge in [-0.15, -0.1) is 0 Å². The van der Waals surface area contributed by atoms with Crippen LogP contribution in [0.15, 0.2) is 12.1 Å². The van der Waals surface area contributed by atoms with Gasteiger partial charge in [0.25, 0.3) is 0 Å². The Labute approximate surface area is 104 Å². The molecule has 1 heterocycles. The lowest BCUT2D eigenvalue weighted by Crippen LogP contribution is -2.42. The molecule has 0 amide bonds. The van der Waals surface area contributed by atoms with E-state index in [2.05, 4.69) is 36.3 Å². The molecule has 1 aromatic carbocycles. The fourth-order valence-corrected chi connectivity index (χ4v) is 2.74. The van der Waals surface area contributed by atoms with Gasteiger partial charge in [-0.25, -0.2) is 0 Å². The smallest absolute Gasteiger partial charge is 0.142 e. The quantitative estimate of drug-likeness (QED) is 0.865. The van der Waals surface area contributed by atoms with Crippen molar-refractivity contribution in [1.29, 1.82) is 0 Å². The summed E-state index contributed by atoms with van der Waals surface area (Å²) in [6.45, 7) is 3.15. The minimum Gasteiger partial charge on any atom is -0.495 e. The molecule has 3 nitrogen and oxygen atoms in total. The van der Waals surface area contributed by atoms with Crippen molar-refractivity contribution in [2.75, 3.05) is 32.6 Å². The predicted octanol–water partition coefficient (Wildman–Crippen LogP) is 1.97. The van der Waals surface area contributed by atoms with Crippen LogP contribution >= 0.6 is 0 Å². The lowest BCUT2D eigenvalue weighted by Gasteiger charge is -2.37. The number of nitrogens with zero attached hydrogens (tertiary/aromatic N) is 1. The number of hydrogen-bond donors (Lipinski definition) is 1. The molecular formula is C14H22N2O. The van der Waals surface area contributed by atoms with E-state index in [4.69, 9.17) is 4.74 Å². The summed E-state index contributed by atoms with van der Waals surface area (Å²) in [6, 6.07) is 4.96. The Kier molecular flexibility index (Phi) is 3.57. The molecule has 0 fully saturated rings. The van der Waals surface area contributed by atoms with Gasteiger partial charge in [0.2, 0.25) is 0 Å². The molecular weight excluding hydrogens is 212 g/mol. The molecule has 0 aliphatic carbocycles. The van der Waals surface area contributed by atoms with E-state index in [1.54, 1.807) is 7.11 Å². The van der Waals surface area contributed by atoms with E-state index in [0.29, 0.717) is 6.04 Å². The molecule has 1 aliphatic rings. The Balaban J connectivity index is 2.40. The molecule has 0 spiro atoms. The third kappa shape index (κ3) is 2.25. The highest BCUT2D eigenvalue weighted by Crippen LogP contribution is 2.38. The summed E-state index contributed by atoms with van der Waals surface area (Å²) < 4.78 is 5.53. The second-order valence-corrected chi connectivity index (χ2v) is 4.84. The largest absolute Gasteiger partial charge is 0.495 e. The van der Waals surface area contributed by atoms with Crippen LogP contribution in [0.4, 0.5) is 5.69 Å². The van der Waals surface area contributed by atoms with Gasteiger partial charge in [-0.05, 0) is 44.0 Å². The summed E-state index contributed by atoms with van der Waals surface area (Å²) in [5.41, 5.74) is 3.96. The molecule has 0 radical (unpaired) electrons. The Bertz CT molecular complexity index is 386. The van der Waals surface area contributed by atoms with E-state index >= 15 is 0 Å². The summed E-state index contributed by atoms with van der Waals surface area (Å²) in [5, 5.41) is 3.27. The van der Waals surface area contributed by atoms with E-state index < -0.39 is 0 Å². The number of methoxy groups -OCH3 is 1. The van der Waals surface area contributed by atoms with Gasteiger partial charge in [-0.1, -0.05) is 6.07 Å². The molecule has 0 saturated carbocycles. The highest BCUT2D eigenvalue weighted by Gasteiger charge is 2.25. The maximum Gasteiger partial charge on any atom is 0.142 e. The summed E-state index contributed by atoms with van der Waals surface area (Å²) in [6.07, 6.45) is 2.35. The first-order chi connectivity index (χ1) is 8.17. The van der Waals surface area contributed by atoms with Gasteiger partial charge in [0.05, 0.1) is 12.8 Å². The van der Waals surface area contributed by atoms with E-state index in [1.807, 2.05) is 7.05 Å². The number of likely N-dealkylation sites (N-methyl/N-ethyl adjacent to an activating group) is 2. The fraction of sp³-hybridized carbons (Fsp3) is 0.571. The Hall–Kier alpha value is -1.22. The van der Waals surface area contributed by atoms with Gasteiger partial charge in [-0.3, -0.25) is 0 Å². The van der Waals surface area contributed by atoms with Crippen LogP contribution in [0.25, 0.3) is 0 Å². The van der Waals surface area contributed by atoms with E-state index in [0.717, 1.165) is 18.7 Å². The van der Waals surface area contributed by atoms with Gasteiger partial charge in [0.15, 0.2) is 0 Å². The van der Waals surface area contributed by atoms with Crippen LogP contribution in [-0.4, -0.2) is 33.8 Å². The molecule has 2 rings (SSSR count). The molecule has 1 aliphatic heterocycles. The van der Waals surface area contributed by atoms with Crippen LogP contribution in [0.5, 0.6) is 5.75 Å². The molecule has 1 N–H and O–H groups in total. The normalized spacial score (nSPS) is 19.1. The summed E-state index contributed by atoms with van der Waals surface area (Å²) in [4.78, 5) is 2.35. The van der Waals surface area contributed by atoms with Gasteiger partial charge in [-0.2, -0.15) is 0 Å². The first-order valence-electron chi connectivity index (χ1n) is 6.22. The van der Waals surface area contributed by atoms with Crippen molar-refractivity contribution >= 4 is 5.69 Å². The highest BCUT2D eigenvalue weighted by molar-refractivity contribution is 5.66. The minimum atomic E-state index is 0.559. The van der Waals surface area contributed by atoms with E-state index in [-0.39, 0.29) is 0 Å². The van der Waals surface area contributed by atoms with Crippen molar-refractivity contribution in [3.63, 3.8) is 0 Å². The third-order valence-corrected chi connectivity index (χ3v) is 3.61. The van der Waals surface area contributed by atoms with Crippen LogP contribution in [0.2, 0.25) is 0 Å². The average molecular weight is 234 g/mol. The minimum absolute atomic E-state index is 0.559. The van der Waals surface area contributed by atoms with Crippen molar-refractivity contribution in [3.8, 4) is 5.75 Å². The maximum absolute atomic E-state index is 5.53. The molecule has 94 valence electrons. The monoisotopic (exact) mass is 234 g/mol. The molecule has 1 atom stereocenters. The zero-order chi connectivity index (χ0) is 12.4. The van der Waals surface area contributed by atoms with Crippen molar-refractivity contribution < 1.29 is 4.74 Å². The number of benzene rings is 1. The SMILES string of the molecule is CNCC1CCc2cc(C)cc(OC)c2N1C. The molecule has 1 unspecified atom stereocenters. The molecule has 0 aromatic heterocycles. The van der Waals surface area contributed by atoms with Gasteiger partial charge in [0.1, 0.15) is 5.75 Å². The van der Waals surface area contributed by atoms with Crippen LogP contribution in [0.1, 0.15) is 17.5 Å². The second kappa shape index (κ2) is 4.96. The topological polar surface area (TPSA) is 24.5 Å². The predicted molar refractivity (Wildman–Crippen MR) is 72.2 cm³/mol. The lowest BCUT2D eigenvalue weighted by molar-refractivity contribution is 0.408.